The van der Waals surface area contributed by atoms with Gasteiger partial charge >= 0.3 is 17.9 Å². The first-order valence-corrected chi connectivity index (χ1v) is 11.8. The fourth-order valence-electron chi connectivity index (χ4n) is 2.67. The number of nitrogens with two attached hydrogens (primary N) is 2. The molecular formula is C19H31N5O10S. The van der Waals surface area contributed by atoms with Gasteiger partial charge in [-0.15, -0.1) is 0 Å². The molecule has 0 rings (SSSR count). The fourth-order valence-corrected chi connectivity index (χ4v) is 3.14. The van der Waals surface area contributed by atoms with E-state index in [2.05, 4.69) is 16.0 Å². The number of amides is 4. The van der Waals surface area contributed by atoms with Crippen molar-refractivity contribution in [3.8, 4) is 0 Å². The Kier molecular flexibility index (Phi) is 14.7. The third-order valence-corrected chi connectivity index (χ3v) is 5.20. The Hall–Kier alpha value is -3.40. The lowest BCUT2D eigenvalue weighted by Gasteiger charge is -2.24. The summed E-state index contributed by atoms with van der Waals surface area (Å²) in [7, 11) is 0. The van der Waals surface area contributed by atoms with Crippen molar-refractivity contribution in [2.75, 3.05) is 12.0 Å². The Morgan fingerprint density at radius 1 is 0.743 bits per heavy atom. The van der Waals surface area contributed by atoms with E-state index in [0.717, 1.165) is 0 Å². The Morgan fingerprint density at radius 2 is 1.29 bits per heavy atom. The predicted molar refractivity (Wildman–Crippen MR) is 122 cm³/mol. The zero-order valence-electron chi connectivity index (χ0n) is 19.0. The number of carboxylic acids is 3. The number of hydrogen-bond donors (Lipinski definition) is 8. The molecule has 0 aliphatic rings. The van der Waals surface area contributed by atoms with Crippen LogP contribution >= 0.6 is 11.8 Å². The first kappa shape index (κ1) is 31.6. The van der Waals surface area contributed by atoms with Gasteiger partial charge in [0.05, 0.1) is 12.5 Å². The van der Waals surface area contributed by atoms with Gasteiger partial charge in [-0.25, -0.2) is 4.79 Å². The van der Waals surface area contributed by atoms with Crippen molar-refractivity contribution in [1.29, 1.82) is 0 Å². The van der Waals surface area contributed by atoms with Crippen molar-refractivity contribution in [2.45, 2.75) is 62.7 Å². The average molecular weight is 522 g/mol. The van der Waals surface area contributed by atoms with Crippen LogP contribution < -0.4 is 27.4 Å². The van der Waals surface area contributed by atoms with Crippen LogP contribution in [0.4, 0.5) is 0 Å². The van der Waals surface area contributed by atoms with Crippen molar-refractivity contribution in [2.24, 2.45) is 11.5 Å². The zero-order chi connectivity index (χ0) is 27.1. The maximum atomic E-state index is 12.7. The third kappa shape index (κ3) is 13.8. The van der Waals surface area contributed by atoms with Gasteiger partial charge in [-0.1, -0.05) is 0 Å². The van der Waals surface area contributed by atoms with Crippen LogP contribution in [0.1, 0.15) is 38.5 Å². The summed E-state index contributed by atoms with van der Waals surface area (Å²) in [5.74, 6) is -7.43. The second-order valence-electron chi connectivity index (χ2n) is 7.44. The maximum absolute atomic E-state index is 12.7. The van der Waals surface area contributed by atoms with Crippen molar-refractivity contribution < 1.29 is 48.9 Å². The van der Waals surface area contributed by atoms with E-state index in [1.165, 1.54) is 11.8 Å². The van der Waals surface area contributed by atoms with E-state index in [4.69, 9.17) is 21.7 Å². The summed E-state index contributed by atoms with van der Waals surface area (Å²) in [5.41, 5.74) is 10.6. The first-order chi connectivity index (χ1) is 16.3. The van der Waals surface area contributed by atoms with Crippen LogP contribution in [0.25, 0.3) is 0 Å². The third-order valence-electron chi connectivity index (χ3n) is 4.56. The van der Waals surface area contributed by atoms with E-state index in [-0.39, 0.29) is 19.3 Å². The number of aliphatic carboxylic acids is 3. The summed E-state index contributed by atoms with van der Waals surface area (Å²) in [6.07, 6.45) is -0.404. The number of hydrogen-bond acceptors (Lipinski definition) is 9. The van der Waals surface area contributed by atoms with E-state index in [1.807, 2.05) is 0 Å². The molecule has 4 amide bonds. The molecule has 0 aromatic carbocycles. The topological polar surface area (TPSA) is 268 Å². The highest BCUT2D eigenvalue weighted by atomic mass is 32.2. The molecule has 0 spiro atoms. The molecule has 15 nitrogen and oxygen atoms in total. The fraction of sp³-hybridized carbons (Fsp3) is 0.632. The lowest BCUT2D eigenvalue weighted by atomic mass is 10.1. The minimum atomic E-state index is -1.63. The number of rotatable bonds is 18. The minimum absolute atomic E-state index is 0.0237. The lowest BCUT2D eigenvalue weighted by Crippen LogP contribution is -2.57. The van der Waals surface area contributed by atoms with E-state index >= 15 is 0 Å². The number of carbonyl (C=O) groups excluding carboxylic acids is 4. The summed E-state index contributed by atoms with van der Waals surface area (Å²) < 4.78 is 0. The van der Waals surface area contributed by atoms with E-state index in [0.29, 0.717) is 5.75 Å². The molecule has 0 saturated carbocycles. The highest BCUT2D eigenvalue weighted by Gasteiger charge is 2.31. The van der Waals surface area contributed by atoms with Crippen molar-refractivity contribution >= 4 is 53.3 Å². The highest BCUT2D eigenvalue weighted by Crippen LogP contribution is 2.06. The monoisotopic (exact) mass is 521 g/mol. The first-order valence-electron chi connectivity index (χ1n) is 10.4. The molecule has 198 valence electrons. The predicted octanol–water partition coefficient (Wildman–Crippen LogP) is -2.79. The standard InChI is InChI=1S/C19H31N5O10S/c1-35-7-6-10(17(31)23-11(19(33)34)3-5-14(26)27)22-18(32)12(8-15(28)29)24-16(30)9(20)2-4-13(21)25/h9-12H,2-8,20H2,1H3,(H2,21,25)(H,22,32)(H,23,31)(H,24,30)(H,26,27)(H,28,29)(H,33,34). The molecule has 10 N–H and O–H groups in total. The van der Waals surface area contributed by atoms with Crippen LogP contribution in [0.15, 0.2) is 0 Å². The maximum Gasteiger partial charge on any atom is 0.326 e. The average Bonchev–Trinajstić information content (AvgIpc) is 2.75. The number of primary amides is 1. The molecule has 35 heavy (non-hydrogen) atoms. The Morgan fingerprint density at radius 3 is 1.77 bits per heavy atom. The van der Waals surface area contributed by atoms with E-state index in [1.54, 1.807) is 6.26 Å². The summed E-state index contributed by atoms with van der Waals surface area (Å²) in [6.45, 7) is 0. The number of carbonyl (C=O) groups is 7. The number of thioether (sulfide) groups is 1. The largest absolute Gasteiger partial charge is 0.481 e. The molecule has 0 aliphatic heterocycles. The van der Waals surface area contributed by atoms with Crippen LogP contribution in [0.3, 0.4) is 0 Å². The second-order valence-corrected chi connectivity index (χ2v) is 8.43. The van der Waals surface area contributed by atoms with Crippen molar-refractivity contribution in [3.63, 3.8) is 0 Å². The van der Waals surface area contributed by atoms with Gasteiger partial charge < -0.3 is 42.7 Å². The molecule has 4 unspecified atom stereocenters. The van der Waals surface area contributed by atoms with Crippen LogP contribution in [0.5, 0.6) is 0 Å². The molecule has 0 saturated heterocycles. The second kappa shape index (κ2) is 16.3. The molecule has 4 atom stereocenters. The molecule has 0 bridgehead atoms. The smallest absolute Gasteiger partial charge is 0.326 e. The Labute approximate surface area is 204 Å². The summed E-state index contributed by atoms with van der Waals surface area (Å²) >= 11 is 1.31. The van der Waals surface area contributed by atoms with E-state index < -0.39 is 85.0 Å². The number of carboxylic acid groups (broad SMARTS) is 3. The van der Waals surface area contributed by atoms with Gasteiger partial charge in [0.25, 0.3) is 0 Å². The summed E-state index contributed by atoms with van der Waals surface area (Å²) in [5, 5.41) is 33.7. The van der Waals surface area contributed by atoms with Crippen LogP contribution in [0.2, 0.25) is 0 Å². The van der Waals surface area contributed by atoms with Gasteiger partial charge in [0.2, 0.25) is 23.6 Å². The van der Waals surface area contributed by atoms with Gasteiger partial charge in [-0.3, -0.25) is 28.8 Å². The van der Waals surface area contributed by atoms with Crippen LogP contribution in [-0.4, -0.2) is 93.0 Å². The number of nitrogens with one attached hydrogen (secondary N) is 3. The summed E-state index contributed by atoms with van der Waals surface area (Å²) in [6, 6.07) is -5.73. The molecular weight excluding hydrogens is 490 g/mol. The summed E-state index contributed by atoms with van der Waals surface area (Å²) in [4.78, 5) is 81.8. The normalized spacial score (nSPS) is 14.0. The quantitative estimate of drug-likeness (QED) is 0.0909. The molecule has 0 aromatic rings. The van der Waals surface area contributed by atoms with Gasteiger partial charge in [0.15, 0.2) is 0 Å². The van der Waals surface area contributed by atoms with Crippen LogP contribution in [-0.2, 0) is 33.6 Å². The van der Waals surface area contributed by atoms with Gasteiger partial charge in [-0.05, 0) is 31.3 Å². The highest BCUT2D eigenvalue weighted by molar-refractivity contribution is 7.98. The molecule has 16 heteroatoms. The SMILES string of the molecule is CSCCC(NC(=O)C(CC(=O)O)NC(=O)C(N)CCC(N)=O)C(=O)NC(CCC(=O)O)C(=O)O. The van der Waals surface area contributed by atoms with Gasteiger partial charge in [0.1, 0.15) is 18.1 Å². The lowest BCUT2D eigenvalue weighted by molar-refractivity contribution is -0.144. The van der Waals surface area contributed by atoms with Gasteiger partial charge in [-0.2, -0.15) is 11.8 Å². The molecule has 0 radical (unpaired) electrons. The Bertz CT molecular complexity index is 809. The van der Waals surface area contributed by atoms with Crippen LogP contribution in [0, 0.1) is 0 Å². The van der Waals surface area contributed by atoms with Crippen molar-refractivity contribution in [3.05, 3.63) is 0 Å². The van der Waals surface area contributed by atoms with Crippen molar-refractivity contribution in [1.82, 2.24) is 16.0 Å². The molecule has 0 fully saturated rings. The molecule has 0 aliphatic carbocycles. The minimum Gasteiger partial charge on any atom is -0.481 e. The van der Waals surface area contributed by atoms with E-state index in [9.17, 15) is 38.7 Å². The zero-order valence-corrected chi connectivity index (χ0v) is 19.8. The van der Waals surface area contributed by atoms with Gasteiger partial charge in [0, 0.05) is 12.8 Å². The molecule has 0 aromatic heterocycles. The Balaban J connectivity index is 5.46. The molecule has 0 heterocycles.